The molecular formula is C18H20N2O4. The first-order valence-corrected chi connectivity index (χ1v) is 8.28. The Labute approximate surface area is 140 Å². The number of imide groups is 1. The van der Waals surface area contributed by atoms with E-state index in [0.29, 0.717) is 6.54 Å². The number of aryl methyl sites for hydroxylation is 1. The molecule has 2 fully saturated rings. The van der Waals surface area contributed by atoms with E-state index in [1.807, 2.05) is 13.0 Å². The fraction of sp³-hybridized carbons (Fsp3) is 0.500. The second-order valence-electron chi connectivity index (χ2n) is 7.01. The lowest BCUT2D eigenvalue weighted by Crippen LogP contribution is -2.42. The SMILES string of the molecule is Cc1occc1CN(C)C(=O)CN1C(=O)[C@H]2[C@H](C1=O)[C@H]1C=C[C@H]2C1. The molecule has 1 aromatic rings. The lowest BCUT2D eigenvalue weighted by Gasteiger charge is -2.21. The Morgan fingerprint density at radius 3 is 2.42 bits per heavy atom. The van der Waals surface area contributed by atoms with Crippen molar-refractivity contribution in [3.63, 3.8) is 0 Å². The Kier molecular flexibility index (Phi) is 3.37. The molecule has 1 saturated carbocycles. The first kappa shape index (κ1) is 15.2. The van der Waals surface area contributed by atoms with Crippen LogP contribution in [-0.4, -0.2) is 41.1 Å². The summed E-state index contributed by atoms with van der Waals surface area (Å²) in [5, 5.41) is 0. The molecule has 4 rings (SSSR count). The zero-order valence-electron chi connectivity index (χ0n) is 13.8. The molecule has 0 aromatic carbocycles. The highest BCUT2D eigenvalue weighted by atomic mass is 16.3. The van der Waals surface area contributed by atoms with E-state index in [1.54, 1.807) is 13.3 Å². The molecule has 6 heteroatoms. The zero-order chi connectivity index (χ0) is 17.0. The second kappa shape index (κ2) is 5.33. The Morgan fingerprint density at radius 2 is 1.88 bits per heavy atom. The third-order valence-corrected chi connectivity index (χ3v) is 5.65. The standard InChI is InChI=1S/C18H20N2O4/c1-10-13(5-6-24-10)8-19(2)14(21)9-20-17(22)15-11-3-4-12(7-11)16(15)18(20)23/h3-6,11-12,15-16H,7-9H2,1-2H3/t11-,12-,15+,16+/m0/s1. The quantitative estimate of drug-likeness (QED) is 0.618. The molecule has 1 aromatic heterocycles. The van der Waals surface area contributed by atoms with Gasteiger partial charge in [-0.2, -0.15) is 0 Å². The maximum Gasteiger partial charge on any atom is 0.242 e. The molecule has 2 bridgehead atoms. The average molecular weight is 328 g/mol. The minimum Gasteiger partial charge on any atom is -0.469 e. The van der Waals surface area contributed by atoms with Gasteiger partial charge in [0.1, 0.15) is 12.3 Å². The van der Waals surface area contributed by atoms with E-state index in [9.17, 15) is 14.4 Å². The van der Waals surface area contributed by atoms with Crippen molar-refractivity contribution >= 4 is 17.7 Å². The van der Waals surface area contributed by atoms with Crippen LogP contribution in [0.5, 0.6) is 0 Å². The van der Waals surface area contributed by atoms with Crippen molar-refractivity contribution in [3.05, 3.63) is 35.8 Å². The highest BCUT2D eigenvalue weighted by molar-refractivity contribution is 6.08. The van der Waals surface area contributed by atoms with Gasteiger partial charge >= 0.3 is 0 Å². The van der Waals surface area contributed by atoms with Crippen molar-refractivity contribution in [1.29, 1.82) is 0 Å². The molecule has 2 aliphatic carbocycles. The summed E-state index contributed by atoms with van der Waals surface area (Å²) in [6.07, 6.45) is 6.58. The summed E-state index contributed by atoms with van der Waals surface area (Å²) in [6, 6.07) is 1.82. The highest BCUT2D eigenvalue weighted by Crippen LogP contribution is 2.52. The van der Waals surface area contributed by atoms with Gasteiger partial charge < -0.3 is 9.32 Å². The van der Waals surface area contributed by atoms with Crippen LogP contribution in [0, 0.1) is 30.6 Å². The van der Waals surface area contributed by atoms with Crippen LogP contribution in [-0.2, 0) is 20.9 Å². The summed E-state index contributed by atoms with van der Waals surface area (Å²) < 4.78 is 5.23. The maximum absolute atomic E-state index is 12.6. The predicted octanol–water partition coefficient (Wildman–Crippen LogP) is 1.35. The molecule has 24 heavy (non-hydrogen) atoms. The van der Waals surface area contributed by atoms with Crippen molar-refractivity contribution in [2.24, 2.45) is 23.7 Å². The molecule has 0 spiro atoms. The maximum atomic E-state index is 12.6. The summed E-state index contributed by atoms with van der Waals surface area (Å²) in [5.74, 6) is 0.0121. The van der Waals surface area contributed by atoms with Crippen molar-refractivity contribution in [3.8, 4) is 0 Å². The van der Waals surface area contributed by atoms with Gasteiger partial charge in [-0.05, 0) is 31.2 Å². The van der Waals surface area contributed by atoms with Crippen LogP contribution in [0.15, 0.2) is 28.9 Å². The van der Waals surface area contributed by atoms with Crippen LogP contribution >= 0.6 is 0 Å². The molecule has 0 N–H and O–H groups in total. The van der Waals surface area contributed by atoms with Gasteiger partial charge in [-0.1, -0.05) is 12.2 Å². The average Bonchev–Trinajstić information content (AvgIpc) is 3.30. The molecular weight excluding hydrogens is 308 g/mol. The van der Waals surface area contributed by atoms with E-state index >= 15 is 0 Å². The molecule has 3 aliphatic rings. The summed E-state index contributed by atoms with van der Waals surface area (Å²) in [5.41, 5.74) is 0.920. The van der Waals surface area contributed by atoms with Crippen molar-refractivity contribution < 1.29 is 18.8 Å². The molecule has 2 heterocycles. The summed E-state index contributed by atoms with van der Waals surface area (Å²) in [6.45, 7) is 2.07. The van der Waals surface area contributed by atoms with Crippen molar-refractivity contribution in [2.45, 2.75) is 19.9 Å². The van der Waals surface area contributed by atoms with Crippen LogP contribution in [0.1, 0.15) is 17.7 Å². The van der Waals surface area contributed by atoms with Crippen molar-refractivity contribution in [1.82, 2.24) is 9.80 Å². The number of hydrogen-bond donors (Lipinski definition) is 0. The normalized spacial score (nSPS) is 30.3. The third kappa shape index (κ3) is 2.12. The van der Waals surface area contributed by atoms with Crippen LogP contribution in [0.2, 0.25) is 0 Å². The van der Waals surface area contributed by atoms with E-state index in [4.69, 9.17) is 4.42 Å². The number of nitrogens with zero attached hydrogens (tertiary/aromatic N) is 2. The van der Waals surface area contributed by atoms with Gasteiger partial charge in [0.25, 0.3) is 0 Å². The van der Waals surface area contributed by atoms with Crippen LogP contribution in [0.25, 0.3) is 0 Å². The van der Waals surface area contributed by atoms with Crippen LogP contribution in [0.4, 0.5) is 0 Å². The molecule has 6 nitrogen and oxygen atoms in total. The first-order valence-electron chi connectivity index (χ1n) is 8.28. The van der Waals surface area contributed by atoms with Gasteiger partial charge in [0.15, 0.2) is 0 Å². The van der Waals surface area contributed by atoms with Crippen molar-refractivity contribution in [2.75, 3.05) is 13.6 Å². The van der Waals surface area contributed by atoms with E-state index in [0.717, 1.165) is 17.7 Å². The first-order chi connectivity index (χ1) is 11.5. The molecule has 126 valence electrons. The number of carbonyl (C=O) groups is 3. The number of likely N-dealkylation sites (N-methyl/N-ethyl adjacent to an activating group) is 1. The van der Waals surface area contributed by atoms with Crippen LogP contribution < -0.4 is 0 Å². The smallest absolute Gasteiger partial charge is 0.242 e. The molecule has 1 saturated heterocycles. The number of furan rings is 1. The van der Waals surface area contributed by atoms with E-state index in [1.165, 1.54) is 9.80 Å². The van der Waals surface area contributed by atoms with Gasteiger partial charge in [0.05, 0.1) is 18.1 Å². The lowest BCUT2D eigenvalue weighted by atomic mass is 9.85. The van der Waals surface area contributed by atoms with Crippen LogP contribution in [0.3, 0.4) is 0 Å². The Balaban J connectivity index is 1.44. The summed E-state index contributed by atoms with van der Waals surface area (Å²) in [7, 11) is 1.67. The Hall–Kier alpha value is -2.37. The zero-order valence-corrected chi connectivity index (χ0v) is 13.8. The topological polar surface area (TPSA) is 70.8 Å². The van der Waals surface area contributed by atoms with Gasteiger partial charge in [-0.3, -0.25) is 19.3 Å². The number of likely N-dealkylation sites (tertiary alicyclic amines) is 1. The van der Waals surface area contributed by atoms with E-state index in [2.05, 4.69) is 12.2 Å². The number of allylic oxidation sites excluding steroid dienone is 2. The minimum atomic E-state index is -0.248. The summed E-state index contributed by atoms with van der Waals surface area (Å²) >= 11 is 0. The van der Waals surface area contributed by atoms with Gasteiger partial charge in [-0.25, -0.2) is 0 Å². The number of hydrogen-bond acceptors (Lipinski definition) is 4. The molecule has 0 unspecified atom stereocenters. The Bertz CT molecular complexity index is 720. The van der Waals surface area contributed by atoms with E-state index in [-0.39, 0.29) is 47.9 Å². The fourth-order valence-corrected chi connectivity index (χ4v) is 4.29. The van der Waals surface area contributed by atoms with Gasteiger partial charge in [-0.15, -0.1) is 0 Å². The number of rotatable bonds is 4. The molecule has 4 atom stereocenters. The lowest BCUT2D eigenvalue weighted by molar-refractivity contribution is -0.146. The fourth-order valence-electron chi connectivity index (χ4n) is 4.29. The summed E-state index contributed by atoms with van der Waals surface area (Å²) in [4.78, 5) is 40.4. The van der Waals surface area contributed by atoms with Gasteiger partial charge in [0.2, 0.25) is 17.7 Å². The second-order valence-corrected chi connectivity index (χ2v) is 7.01. The minimum absolute atomic E-state index is 0.169. The highest BCUT2D eigenvalue weighted by Gasteiger charge is 2.59. The van der Waals surface area contributed by atoms with Gasteiger partial charge in [0, 0.05) is 19.2 Å². The molecule has 1 aliphatic heterocycles. The largest absolute Gasteiger partial charge is 0.469 e. The Morgan fingerprint density at radius 1 is 1.25 bits per heavy atom. The third-order valence-electron chi connectivity index (χ3n) is 5.65. The predicted molar refractivity (Wildman–Crippen MR) is 84.4 cm³/mol. The molecule has 3 amide bonds. The number of fused-ring (bicyclic) bond motifs is 5. The van der Waals surface area contributed by atoms with E-state index < -0.39 is 0 Å². The molecule has 0 radical (unpaired) electrons. The number of carbonyl (C=O) groups excluding carboxylic acids is 3. The number of amides is 3. The monoisotopic (exact) mass is 328 g/mol.